The zero-order valence-electron chi connectivity index (χ0n) is 12.8. The second-order valence-electron chi connectivity index (χ2n) is 5.01. The van der Waals surface area contributed by atoms with E-state index in [1.165, 1.54) is 12.1 Å². The molecule has 0 saturated carbocycles. The Morgan fingerprint density at radius 3 is 2.22 bits per heavy atom. The van der Waals surface area contributed by atoms with Crippen LogP contribution in [0.5, 0.6) is 11.6 Å². The summed E-state index contributed by atoms with van der Waals surface area (Å²) in [6.07, 6.45) is 0.184. The Hall–Kier alpha value is -2.24. The van der Waals surface area contributed by atoms with E-state index >= 15 is 0 Å². The zero-order valence-corrected chi connectivity index (χ0v) is 12.8. The van der Waals surface area contributed by atoms with Crippen molar-refractivity contribution in [3.8, 4) is 22.8 Å². The molecule has 1 heterocycles. The topological polar surface area (TPSA) is 31.4 Å². The first kappa shape index (κ1) is 17.1. The van der Waals surface area contributed by atoms with E-state index in [4.69, 9.17) is 4.74 Å². The van der Waals surface area contributed by atoms with Crippen molar-refractivity contribution in [2.75, 3.05) is 6.61 Å². The van der Waals surface area contributed by atoms with Crippen LogP contribution in [-0.4, -0.2) is 18.0 Å². The number of alkyl halides is 3. The Kier molecular flexibility index (Phi) is 5.84. The summed E-state index contributed by atoms with van der Waals surface area (Å²) in [5, 5.41) is 0. The van der Waals surface area contributed by atoms with Gasteiger partial charge in [-0.2, -0.15) is 0 Å². The molecule has 0 unspecified atom stereocenters. The Morgan fingerprint density at radius 1 is 0.957 bits per heavy atom. The fourth-order valence-corrected chi connectivity index (χ4v) is 2.01. The van der Waals surface area contributed by atoms with Gasteiger partial charge in [-0.05, 0) is 30.2 Å². The van der Waals surface area contributed by atoms with E-state index in [-0.39, 0.29) is 5.75 Å². The van der Waals surface area contributed by atoms with Gasteiger partial charge in [-0.1, -0.05) is 31.9 Å². The molecule has 124 valence electrons. The molecule has 0 atom stereocenters. The fourth-order valence-electron chi connectivity index (χ4n) is 2.01. The van der Waals surface area contributed by atoms with Crippen LogP contribution in [0.3, 0.4) is 0 Å². The van der Waals surface area contributed by atoms with Crippen LogP contribution in [0, 0.1) is 0 Å². The van der Waals surface area contributed by atoms with Gasteiger partial charge in [-0.3, -0.25) is 0 Å². The van der Waals surface area contributed by atoms with Crippen LogP contribution in [0.2, 0.25) is 0 Å². The van der Waals surface area contributed by atoms with E-state index in [0.29, 0.717) is 12.5 Å². The van der Waals surface area contributed by atoms with Crippen molar-refractivity contribution in [2.24, 2.45) is 0 Å². The standard InChI is InChI=1S/C17H18F3NO2/c1-2-3-4-11-22-16-10-7-14(12-21-16)13-5-8-15(9-6-13)23-17(18,19)20/h5-10,12H,2-4,11H2,1H3. The van der Waals surface area contributed by atoms with E-state index in [0.717, 1.165) is 30.4 Å². The third kappa shape index (κ3) is 5.81. The minimum atomic E-state index is -4.68. The first-order chi connectivity index (χ1) is 11.0. The normalized spacial score (nSPS) is 11.3. The number of unbranched alkanes of at least 4 members (excludes halogenated alkanes) is 2. The Morgan fingerprint density at radius 2 is 1.65 bits per heavy atom. The van der Waals surface area contributed by atoms with Crippen molar-refractivity contribution in [1.29, 1.82) is 0 Å². The highest BCUT2D eigenvalue weighted by Crippen LogP contribution is 2.26. The predicted octanol–water partition coefficient (Wildman–Crippen LogP) is 5.22. The largest absolute Gasteiger partial charge is 0.573 e. The fraction of sp³-hybridized carbons (Fsp3) is 0.353. The number of aromatic nitrogens is 1. The van der Waals surface area contributed by atoms with Gasteiger partial charge in [-0.25, -0.2) is 4.98 Å². The summed E-state index contributed by atoms with van der Waals surface area (Å²) in [5.41, 5.74) is 1.55. The van der Waals surface area contributed by atoms with Crippen LogP contribution < -0.4 is 9.47 Å². The van der Waals surface area contributed by atoms with E-state index < -0.39 is 6.36 Å². The maximum absolute atomic E-state index is 12.1. The molecular formula is C17H18F3NO2. The molecular weight excluding hydrogens is 307 g/mol. The van der Waals surface area contributed by atoms with Crippen molar-refractivity contribution in [1.82, 2.24) is 4.98 Å². The molecule has 2 aromatic rings. The van der Waals surface area contributed by atoms with E-state index in [2.05, 4.69) is 16.6 Å². The van der Waals surface area contributed by atoms with Crippen LogP contribution in [0.4, 0.5) is 13.2 Å². The number of ether oxygens (including phenoxy) is 2. The monoisotopic (exact) mass is 325 g/mol. The number of pyridine rings is 1. The predicted molar refractivity (Wildman–Crippen MR) is 81.4 cm³/mol. The molecule has 1 aromatic carbocycles. The van der Waals surface area contributed by atoms with Crippen LogP contribution in [0.25, 0.3) is 11.1 Å². The molecule has 0 aliphatic rings. The second-order valence-corrected chi connectivity index (χ2v) is 5.01. The molecule has 0 aliphatic carbocycles. The molecule has 0 bridgehead atoms. The summed E-state index contributed by atoms with van der Waals surface area (Å²) in [6.45, 7) is 2.75. The van der Waals surface area contributed by atoms with Gasteiger partial charge in [0.2, 0.25) is 5.88 Å². The summed E-state index contributed by atoms with van der Waals surface area (Å²) in [7, 11) is 0. The molecule has 2 rings (SSSR count). The van der Waals surface area contributed by atoms with E-state index in [9.17, 15) is 13.2 Å². The summed E-state index contributed by atoms with van der Waals surface area (Å²) < 4.78 is 45.7. The Bertz CT molecular complexity index is 595. The number of benzene rings is 1. The smallest absolute Gasteiger partial charge is 0.478 e. The highest BCUT2D eigenvalue weighted by Gasteiger charge is 2.30. The van der Waals surface area contributed by atoms with Crippen LogP contribution in [0.1, 0.15) is 26.2 Å². The molecule has 0 aliphatic heterocycles. The van der Waals surface area contributed by atoms with Crippen LogP contribution in [0.15, 0.2) is 42.6 Å². The van der Waals surface area contributed by atoms with E-state index in [1.807, 2.05) is 6.07 Å². The number of rotatable bonds is 7. The molecule has 3 nitrogen and oxygen atoms in total. The Labute approximate surface area is 133 Å². The molecule has 1 aromatic heterocycles. The van der Waals surface area contributed by atoms with Gasteiger partial charge in [0, 0.05) is 17.8 Å². The van der Waals surface area contributed by atoms with Gasteiger partial charge in [-0.15, -0.1) is 13.2 Å². The number of halogens is 3. The average Bonchev–Trinajstić information content (AvgIpc) is 2.52. The molecule has 0 N–H and O–H groups in total. The molecule has 6 heteroatoms. The van der Waals surface area contributed by atoms with Crippen molar-refractivity contribution < 1.29 is 22.6 Å². The maximum atomic E-state index is 12.1. The third-order valence-electron chi connectivity index (χ3n) is 3.16. The van der Waals surface area contributed by atoms with Gasteiger partial charge >= 0.3 is 6.36 Å². The van der Waals surface area contributed by atoms with Crippen LogP contribution >= 0.6 is 0 Å². The lowest BCUT2D eigenvalue weighted by atomic mass is 10.1. The van der Waals surface area contributed by atoms with Gasteiger partial charge in [0.1, 0.15) is 5.75 Å². The molecule has 0 saturated heterocycles. The van der Waals surface area contributed by atoms with Crippen molar-refractivity contribution >= 4 is 0 Å². The quantitative estimate of drug-likeness (QED) is 0.654. The average molecular weight is 325 g/mol. The van der Waals surface area contributed by atoms with Crippen molar-refractivity contribution in [3.05, 3.63) is 42.6 Å². The second kappa shape index (κ2) is 7.85. The molecule has 23 heavy (non-hydrogen) atoms. The van der Waals surface area contributed by atoms with Gasteiger partial charge in [0.15, 0.2) is 0 Å². The molecule has 0 spiro atoms. The van der Waals surface area contributed by atoms with Gasteiger partial charge < -0.3 is 9.47 Å². The lowest BCUT2D eigenvalue weighted by Gasteiger charge is -2.09. The van der Waals surface area contributed by atoms with Crippen molar-refractivity contribution in [3.63, 3.8) is 0 Å². The minimum absolute atomic E-state index is 0.245. The maximum Gasteiger partial charge on any atom is 0.573 e. The number of nitrogens with zero attached hydrogens (tertiary/aromatic N) is 1. The first-order valence-corrected chi connectivity index (χ1v) is 7.43. The highest BCUT2D eigenvalue weighted by molar-refractivity contribution is 5.63. The summed E-state index contributed by atoms with van der Waals surface area (Å²) in [5.74, 6) is 0.298. The lowest BCUT2D eigenvalue weighted by Crippen LogP contribution is -2.16. The lowest BCUT2D eigenvalue weighted by molar-refractivity contribution is -0.274. The van der Waals surface area contributed by atoms with Crippen LogP contribution in [-0.2, 0) is 0 Å². The first-order valence-electron chi connectivity index (χ1n) is 7.43. The molecule has 0 amide bonds. The van der Waals surface area contributed by atoms with E-state index in [1.54, 1.807) is 24.4 Å². The van der Waals surface area contributed by atoms with Gasteiger partial charge in [0.05, 0.1) is 6.61 Å². The summed E-state index contributed by atoms with van der Waals surface area (Å²) in [4.78, 5) is 4.20. The third-order valence-corrected chi connectivity index (χ3v) is 3.16. The highest BCUT2D eigenvalue weighted by atomic mass is 19.4. The van der Waals surface area contributed by atoms with Gasteiger partial charge in [0.25, 0.3) is 0 Å². The SMILES string of the molecule is CCCCCOc1ccc(-c2ccc(OC(F)(F)F)cc2)cn1. The molecule has 0 fully saturated rings. The molecule has 0 radical (unpaired) electrons. The number of hydrogen-bond donors (Lipinski definition) is 0. The van der Waals surface area contributed by atoms with Crippen molar-refractivity contribution in [2.45, 2.75) is 32.5 Å². The Balaban J connectivity index is 1.96. The minimum Gasteiger partial charge on any atom is -0.478 e. The number of hydrogen-bond acceptors (Lipinski definition) is 3. The summed E-state index contributed by atoms with van der Waals surface area (Å²) in [6, 6.07) is 9.23. The zero-order chi connectivity index (χ0) is 16.7. The summed E-state index contributed by atoms with van der Waals surface area (Å²) >= 11 is 0.